The molecule has 144 valence electrons. The van der Waals surface area contributed by atoms with Gasteiger partial charge in [0.1, 0.15) is 5.82 Å². The predicted molar refractivity (Wildman–Crippen MR) is 114 cm³/mol. The Morgan fingerprint density at radius 3 is 2.03 bits per heavy atom. The Labute approximate surface area is 167 Å². The van der Waals surface area contributed by atoms with Gasteiger partial charge in [0.05, 0.1) is 16.8 Å². The zero-order valence-corrected chi connectivity index (χ0v) is 16.1. The fraction of sp³-hybridized carbons (Fsp3) is 0.0833. The molecule has 0 unspecified atom stereocenters. The molecule has 1 aromatic heterocycles. The van der Waals surface area contributed by atoms with Crippen LogP contribution in [0.5, 0.6) is 0 Å². The van der Waals surface area contributed by atoms with Crippen LogP contribution >= 0.6 is 0 Å². The van der Waals surface area contributed by atoms with Crippen molar-refractivity contribution in [1.29, 1.82) is 0 Å². The van der Waals surface area contributed by atoms with E-state index in [9.17, 15) is 14.3 Å². The summed E-state index contributed by atoms with van der Waals surface area (Å²) in [5, 5.41) is 9.84. The molecule has 0 radical (unpaired) electrons. The Morgan fingerprint density at radius 1 is 0.862 bits per heavy atom. The van der Waals surface area contributed by atoms with Crippen LogP contribution in [0.25, 0.3) is 33.3 Å². The minimum absolute atomic E-state index is 0.0350. The summed E-state index contributed by atoms with van der Waals surface area (Å²) in [7, 11) is 4.00. The number of carboxylic acids is 1. The highest BCUT2D eigenvalue weighted by Crippen LogP contribution is 2.28. The van der Waals surface area contributed by atoms with Crippen molar-refractivity contribution >= 4 is 22.6 Å². The number of aromatic carboxylic acids is 1. The molecule has 4 rings (SSSR count). The lowest BCUT2D eigenvalue weighted by Crippen LogP contribution is -2.07. The first-order valence-electron chi connectivity index (χ1n) is 9.14. The summed E-state index contributed by atoms with van der Waals surface area (Å²) in [6, 6.07) is 21.5. The largest absolute Gasteiger partial charge is 0.478 e. The molecule has 0 atom stereocenters. The third-order valence-corrected chi connectivity index (χ3v) is 4.90. The van der Waals surface area contributed by atoms with Crippen LogP contribution in [-0.2, 0) is 0 Å². The van der Waals surface area contributed by atoms with Crippen LogP contribution in [0.2, 0.25) is 0 Å². The molecular formula is C24H19FN2O2. The van der Waals surface area contributed by atoms with E-state index in [4.69, 9.17) is 0 Å². The maximum Gasteiger partial charge on any atom is 0.336 e. The van der Waals surface area contributed by atoms with Crippen LogP contribution in [0.3, 0.4) is 0 Å². The smallest absolute Gasteiger partial charge is 0.336 e. The number of anilines is 1. The highest BCUT2D eigenvalue weighted by atomic mass is 19.1. The molecule has 0 aliphatic heterocycles. The highest BCUT2D eigenvalue weighted by molar-refractivity contribution is 6.03. The van der Waals surface area contributed by atoms with E-state index in [0.29, 0.717) is 16.6 Å². The number of carbonyl (C=O) groups is 1. The highest BCUT2D eigenvalue weighted by Gasteiger charge is 2.14. The van der Waals surface area contributed by atoms with Crippen LogP contribution in [0.4, 0.5) is 10.1 Å². The minimum atomic E-state index is -1.11. The summed E-state index contributed by atoms with van der Waals surface area (Å²) in [6.45, 7) is 0. The van der Waals surface area contributed by atoms with Gasteiger partial charge in [-0.3, -0.25) is 0 Å². The number of hydrogen-bond donors (Lipinski definition) is 1. The van der Waals surface area contributed by atoms with Crippen LogP contribution in [0.1, 0.15) is 10.4 Å². The van der Waals surface area contributed by atoms with Crippen LogP contribution in [0, 0.1) is 5.82 Å². The van der Waals surface area contributed by atoms with Gasteiger partial charge in [-0.2, -0.15) is 0 Å². The maximum atomic E-state index is 13.6. The summed E-state index contributed by atoms with van der Waals surface area (Å²) in [5.41, 5.74) is 5.10. The van der Waals surface area contributed by atoms with Crippen molar-refractivity contribution in [3.05, 3.63) is 84.2 Å². The summed E-state index contributed by atoms with van der Waals surface area (Å²) in [5.74, 6) is -1.60. The number of aromatic nitrogens is 1. The molecule has 1 N–H and O–H groups in total. The van der Waals surface area contributed by atoms with Gasteiger partial charge in [0, 0.05) is 30.7 Å². The fourth-order valence-corrected chi connectivity index (χ4v) is 3.31. The molecule has 4 aromatic rings. The van der Waals surface area contributed by atoms with Gasteiger partial charge in [-0.25, -0.2) is 14.2 Å². The van der Waals surface area contributed by atoms with Crippen molar-refractivity contribution in [2.75, 3.05) is 19.0 Å². The fourth-order valence-electron chi connectivity index (χ4n) is 3.31. The molecule has 0 amide bonds. The van der Waals surface area contributed by atoms with Crippen LogP contribution in [-0.4, -0.2) is 30.2 Å². The molecule has 0 aliphatic rings. The summed E-state index contributed by atoms with van der Waals surface area (Å²) in [6.07, 6.45) is 0. The second-order valence-electron chi connectivity index (χ2n) is 7.04. The van der Waals surface area contributed by atoms with Gasteiger partial charge in [-0.1, -0.05) is 36.4 Å². The summed E-state index contributed by atoms with van der Waals surface area (Å²) in [4.78, 5) is 18.2. The van der Waals surface area contributed by atoms with E-state index in [1.54, 1.807) is 0 Å². The van der Waals surface area contributed by atoms with Crippen molar-refractivity contribution in [2.45, 2.75) is 0 Å². The average molecular weight is 386 g/mol. The zero-order chi connectivity index (χ0) is 20.5. The monoisotopic (exact) mass is 386 g/mol. The first-order valence-corrected chi connectivity index (χ1v) is 9.14. The van der Waals surface area contributed by atoms with E-state index in [2.05, 4.69) is 29.2 Å². The molecule has 4 nitrogen and oxygen atoms in total. The molecule has 0 saturated heterocycles. The maximum absolute atomic E-state index is 13.6. The predicted octanol–water partition coefficient (Wildman–Crippen LogP) is 5.47. The molecule has 1 heterocycles. The molecular weight excluding hydrogens is 367 g/mol. The van der Waals surface area contributed by atoms with E-state index in [-0.39, 0.29) is 5.56 Å². The number of fused-ring (bicyclic) bond motifs is 1. The number of nitrogens with zero attached hydrogens (tertiary/aromatic N) is 2. The van der Waals surface area contributed by atoms with Gasteiger partial charge in [0.15, 0.2) is 0 Å². The number of carboxylic acid groups (broad SMARTS) is 1. The topological polar surface area (TPSA) is 53.4 Å². The van der Waals surface area contributed by atoms with Crippen LogP contribution < -0.4 is 4.90 Å². The third kappa shape index (κ3) is 3.67. The molecule has 0 spiro atoms. The quantitative estimate of drug-likeness (QED) is 0.505. The van der Waals surface area contributed by atoms with Crippen molar-refractivity contribution in [3.8, 4) is 22.4 Å². The minimum Gasteiger partial charge on any atom is -0.478 e. The molecule has 29 heavy (non-hydrogen) atoms. The lowest BCUT2D eigenvalue weighted by Gasteiger charge is -2.13. The normalized spacial score (nSPS) is 10.9. The number of halogens is 1. The van der Waals surface area contributed by atoms with Gasteiger partial charge in [-0.05, 0) is 47.5 Å². The first kappa shape index (κ1) is 18.6. The van der Waals surface area contributed by atoms with Crippen molar-refractivity contribution in [2.24, 2.45) is 0 Å². The molecule has 3 aromatic carbocycles. The van der Waals surface area contributed by atoms with Crippen molar-refractivity contribution < 1.29 is 14.3 Å². The van der Waals surface area contributed by atoms with Gasteiger partial charge < -0.3 is 10.0 Å². The Bertz CT molecular complexity index is 1200. The second kappa shape index (κ2) is 7.36. The Balaban J connectivity index is 1.73. The van der Waals surface area contributed by atoms with Gasteiger partial charge >= 0.3 is 5.97 Å². The SMILES string of the molecule is CN(C)c1ccc(-c2ccc(-c3cc(C(=O)O)c4cc(F)ccc4n3)cc2)cc1. The Kier molecular flexibility index (Phi) is 4.72. The van der Waals surface area contributed by atoms with E-state index in [1.807, 2.05) is 43.3 Å². The summed E-state index contributed by atoms with van der Waals surface area (Å²) < 4.78 is 13.6. The molecule has 0 aliphatic carbocycles. The van der Waals surface area contributed by atoms with E-state index < -0.39 is 11.8 Å². The van der Waals surface area contributed by atoms with Crippen molar-refractivity contribution in [1.82, 2.24) is 4.98 Å². The van der Waals surface area contributed by atoms with E-state index in [0.717, 1.165) is 22.4 Å². The Morgan fingerprint density at radius 2 is 1.45 bits per heavy atom. The lowest BCUT2D eigenvalue weighted by molar-refractivity contribution is 0.0699. The average Bonchev–Trinajstić information content (AvgIpc) is 2.73. The lowest BCUT2D eigenvalue weighted by atomic mass is 10.0. The first-order chi connectivity index (χ1) is 13.9. The zero-order valence-electron chi connectivity index (χ0n) is 16.1. The molecule has 0 bridgehead atoms. The van der Waals surface area contributed by atoms with E-state index in [1.165, 1.54) is 24.3 Å². The number of hydrogen-bond acceptors (Lipinski definition) is 3. The molecule has 0 saturated carbocycles. The van der Waals surface area contributed by atoms with Crippen LogP contribution in [0.15, 0.2) is 72.8 Å². The standard InChI is InChI=1S/C24H19FN2O2/c1-27(2)19-10-7-16(8-11-19)15-3-5-17(6-4-15)23-14-21(24(28)29)20-13-18(25)9-12-22(20)26-23/h3-14H,1-2H3,(H,28,29). The number of rotatable bonds is 4. The number of benzene rings is 3. The Hall–Kier alpha value is -3.73. The van der Waals surface area contributed by atoms with Gasteiger partial charge in [0.25, 0.3) is 0 Å². The van der Waals surface area contributed by atoms with Crippen molar-refractivity contribution in [3.63, 3.8) is 0 Å². The molecule has 5 heteroatoms. The second-order valence-corrected chi connectivity index (χ2v) is 7.04. The number of pyridine rings is 1. The molecule has 0 fully saturated rings. The van der Waals surface area contributed by atoms with E-state index >= 15 is 0 Å². The van der Waals surface area contributed by atoms with Gasteiger partial charge in [0.2, 0.25) is 0 Å². The summed E-state index contributed by atoms with van der Waals surface area (Å²) >= 11 is 0. The third-order valence-electron chi connectivity index (χ3n) is 4.90. The van der Waals surface area contributed by atoms with Gasteiger partial charge in [-0.15, -0.1) is 0 Å².